The van der Waals surface area contributed by atoms with E-state index in [0.29, 0.717) is 0 Å². The van der Waals surface area contributed by atoms with Gasteiger partial charge in [0.25, 0.3) is 0 Å². The van der Waals surface area contributed by atoms with Gasteiger partial charge in [0.2, 0.25) is 0 Å². The van der Waals surface area contributed by atoms with Crippen LogP contribution in [0.1, 0.15) is 177 Å². The van der Waals surface area contributed by atoms with Crippen molar-refractivity contribution in [3.63, 3.8) is 0 Å². The number of hydrogen-bond donors (Lipinski definition) is 0. The van der Waals surface area contributed by atoms with Crippen LogP contribution in [0.15, 0.2) is 109 Å². The van der Waals surface area contributed by atoms with E-state index in [2.05, 4.69) is 192 Å². The average molecular weight is 851 g/mol. The Morgan fingerprint density at radius 1 is 0.383 bits per heavy atom. The van der Waals surface area contributed by atoms with E-state index < -0.39 is 14.6 Å². The van der Waals surface area contributed by atoms with Crippen LogP contribution >= 0.6 is 14.6 Å². The monoisotopic (exact) mass is 851 g/mol. The third-order valence-corrected chi connectivity index (χ3v) is 20.6. The molecule has 2 heterocycles. The lowest BCUT2D eigenvalue weighted by Gasteiger charge is -2.33. The van der Waals surface area contributed by atoms with Crippen LogP contribution in [0.5, 0.6) is 0 Å². The van der Waals surface area contributed by atoms with Crippen molar-refractivity contribution in [3.8, 4) is 0 Å². The molecule has 2 unspecified atom stereocenters. The van der Waals surface area contributed by atoms with Crippen molar-refractivity contribution < 1.29 is 9.13 Å². The van der Waals surface area contributed by atoms with E-state index in [9.17, 15) is 9.13 Å². The minimum Gasteiger partial charge on any atom is -0.305 e. The summed E-state index contributed by atoms with van der Waals surface area (Å²) in [5.74, 6) is 0. The number of nitrogens with zero attached hydrogens (tertiary/aromatic N) is 2. The van der Waals surface area contributed by atoms with Gasteiger partial charge in [-0.25, -0.2) is 0 Å². The number of rotatable bonds is 6. The van der Waals surface area contributed by atoms with Gasteiger partial charge in [-0.2, -0.15) is 0 Å². The van der Waals surface area contributed by atoms with Gasteiger partial charge >= 0.3 is 0 Å². The molecule has 6 rings (SSSR count). The van der Waals surface area contributed by atoms with Crippen molar-refractivity contribution in [2.24, 2.45) is 0 Å². The number of benzene rings is 4. The summed E-state index contributed by atoms with van der Waals surface area (Å²) in [6.45, 7) is 30.7. The van der Waals surface area contributed by atoms with E-state index in [4.69, 9.17) is 0 Å². The first-order valence-corrected chi connectivity index (χ1v) is 25.9. The molecular weight excluding hydrogens is 771 g/mol. The Bertz CT molecular complexity index is 1970. The predicted octanol–water partition coefficient (Wildman–Crippen LogP) is 16.2. The summed E-state index contributed by atoms with van der Waals surface area (Å²) in [7, 11) is 2.64. The van der Waals surface area contributed by atoms with Crippen molar-refractivity contribution in [1.82, 2.24) is 9.34 Å². The molecule has 4 aromatic carbocycles. The minimum atomic E-state index is -2.70. The lowest BCUT2D eigenvalue weighted by molar-refractivity contribution is 0.502. The van der Waals surface area contributed by atoms with Gasteiger partial charge < -0.3 is 9.13 Å². The molecule has 6 atom stereocenters. The molecule has 2 aliphatic rings. The fraction of sp³-hybridized carbons (Fsp3) is 0.519. The Morgan fingerprint density at radius 2 is 0.600 bits per heavy atom. The maximum absolute atomic E-state index is 14.5. The van der Waals surface area contributed by atoms with E-state index in [1.165, 1.54) is 33.4 Å². The van der Waals surface area contributed by atoms with Gasteiger partial charge in [-0.05, 0) is 107 Å². The molecule has 0 aliphatic carbocycles. The predicted molar refractivity (Wildman–Crippen MR) is 264 cm³/mol. The van der Waals surface area contributed by atoms with Crippen LogP contribution in [0.2, 0.25) is 0 Å². The second-order valence-corrected chi connectivity index (χ2v) is 28.1. The first-order chi connectivity index (χ1) is 27.7. The van der Waals surface area contributed by atoms with Gasteiger partial charge in [-0.1, -0.05) is 206 Å². The summed E-state index contributed by atoms with van der Waals surface area (Å²) < 4.78 is 32.9. The van der Waals surface area contributed by atoms with Gasteiger partial charge in [0.05, 0.1) is 22.6 Å². The van der Waals surface area contributed by atoms with Crippen LogP contribution in [0, 0.1) is 0 Å². The Morgan fingerprint density at radius 3 is 0.800 bits per heavy atom. The Labute approximate surface area is 367 Å². The van der Waals surface area contributed by atoms with E-state index in [1.54, 1.807) is 0 Å². The van der Waals surface area contributed by atoms with Crippen LogP contribution < -0.4 is 0 Å². The molecule has 1 fully saturated rings. The summed E-state index contributed by atoms with van der Waals surface area (Å²) in [6.07, 6.45) is 6.29. The van der Waals surface area contributed by atoms with Crippen molar-refractivity contribution in [3.05, 3.63) is 154 Å². The molecule has 0 bridgehead atoms. The van der Waals surface area contributed by atoms with E-state index >= 15 is 0 Å². The summed E-state index contributed by atoms with van der Waals surface area (Å²) in [5.41, 5.74) is 10.6. The zero-order valence-corrected chi connectivity index (χ0v) is 42.5. The molecule has 0 saturated carbocycles. The standard InChI is InChI=1S/C26H38NOP.C26H36NOP.C2H6/c2*1-25(2,3)21-13-9-19(10-14-21)23-17-18-24(29(23,28)27(7)8)20-11-15-22(16-12-20)26(4,5)6;1-2/h9-16,23-24H,17-18H2,1-8H3;9-18,23-24H,1-8H3;1-2H3/t2*23-,24+,29?;. The Kier molecular flexibility index (Phi) is 15.5. The van der Waals surface area contributed by atoms with Crippen molar-refractivity contribution in [2.75, 3.05) is 28.2 Å². The maximum Gasteiger partial charge on any atom is 0.171 e. The zero-order chi connectivity index (χ0) is 45.2. The molecule has 4 nitrogen and oxygen atoms in total. The quantitative estimate of drug-likeness (QED) is 0.143. The molecule has 0 aromatic heterocycles. The van der Waals surface area contributed by atoms with Gasteiger partial charge in [0.1, 0.15) is 0 Å². The second-order valence-electron chi connectivity index (χ2n) is 21.4. The number of hydrogen-bond acceptors (Lipinski definition) is 2. The fourth-order valence-electron chi connectivity index (χ4n) is 8.77. The first-order valence-electron chi connectivity index (χ1n) is 22.3. The molecule has 0 N–H and O–H groups in total. The van der Waals surface area contributed by atoms with E-state index in [0.717, 1.165) is 24.0 Å². The molecule has 0 amide bonds. The SMILES string of the molecule is CC.CN(C)P1(=O)[C@@H](c2ccc(C(C)(C)C)cc2)C=C[C@H]1c1ccc(C(C)(C)C)cc1.CN(C)P1(=O)[C@@H](c2ccc(C(C)(C)C)cc2)CC[C@H]1c1ccc(C(C)(C)C)cc1. The Balaban J connectivity index is 0.000000254. The molecule has 4 aromatic rings. The smallest absolute Gasteiger partial charge is 0.171 e. The summed E-state index contributed by atoms with van der Waals surface area (Å²) in [5, 5.41) is 0. The summed E-state index contributed by atoms with van der Waals surface area (Å²) in [6, 6.07) is 35.2. The van der Waals surface area contributed by atoms with Gasteiger partial charge in [0.15, 0.2) is 14.6 Å². The molecular formula is C54H80N2O2P2. The molecule has 1 saturated heterocycles. The molecule has 6 heteroatoms. The maximum atomic E-state index is 14.5. The van der Waals surface area contributed by atoms with Crippen molar-refractivity contribution >= 4 is 14.6 Å². The van der Waals surface area contributed by atoms with Crippen LogP contribution in [0.4, 0.5) is 0 Å². The molecule has 328 valence electrons. The third kappa shape index (κ3) is 10.6. The zero-order valence-electron chi connectivity index (χ0n) is 40.7. The molecule has 60 heavy (non-hydrogen) atoms. The van der Waals surface area contributed by atoms with Crippen LogP contribution in [0.25, 0.3) is 0 Å². The largest absolute Gasteiger partial charge is 0.305 e. The highest BCUT2D eigenvalue weighted by Gasteiger charge is 2.49. The molecule has 0 spiro atoms. The van der Waals surface area contributed by atoms with Crippen molar-refractivity contribution in [2.45, 2.75) is 154 Å². The van der Waals surface area contributed by atoms with Gasteiger partial charge in [0, 0.05) is 0 Å². The highest BCUT2D eigenvalue weighted by atomic mass is 31.2. The highest BCUT2D eigenvalue weighted by molar-refractivity contribution is 7.63. The normalized spacial score (nSPS) is 24.5. The van der Waals surface area contributed by atoms with E-state index in [-0.39, 0.29) is 44.3 Å². The average Bonchev–Trinajstić information content (AvgIpc) is 3.73. The van der Waals surface area contributed by atoms with Crippen LogP contribution in [0.3, 0.4) is 0 Å². The molecule has 2 aliphatic heterocycles. The Hall–Kier alpha value is -3.00. The van der Waals surface area contributed by atoms with Crippen LogP contribution in [-0.4, -0.2) is 37.5 Å². The number of allylic oxidation sites excluding steroid dienone is 2. The second kappa shape index (κ2) is 18.8. The third-order valence-electron chi connectivity index (χ3n) is 12.7. The minimum absolute atomic E-state index is 0.0705. The van der Waals surface area contributed by atoms with Crippen molar-refractivity contribution in [1.29, 1.82) is 0 Å². The summed E-state index contributed by atoms with van der Waals surface area (Å²) >= 11 is 0. The van der Waals surface area contributed by atoms with Crippen LogP contribution in [-0.2, 0) is 30.8 Å². The molecule has 0 radical (unpaired) electrons. The topological polar surface area (TPSA) is 40.6 Å². The highest BCUT2D eigenvalue weighted by Crippen LogP contribution is 2.77. The lowest BCUT2D eigenvalue weighted by atomic mass is 9.86. The van der Waals surface area contributed by atoms with E-state index in [1.807, 2.05) is 51.4 Å². The first kappa shape index (κ1) is 49.7. The summed E-state index contributed by atoms with van der Waals surface area (Å²) in [4.78, 5) is 0. The lowest BCUT2D eigenvalue weighted by Crippen LogP contribution is -2.16. The van der Waals surface area contributed by atoms with Gasteiger partial charge in [-0.3, -0.25) is 9.34 Å². The van der Waals surface area contributed by atoms with Gasteiger partial charge in [-0.15, -0.1) is 0 Å². The fourth-order valence-corrected chi connectivity index (χ4v) is 15.8.